The van der Waals surface area contributed by atoms with Crippen LogP contribution in [-0.4, -0.2) is 34.3 Å². The number of alkyl halides is 3. The van der Waals surface area contributed by atoms with Gasteiger partial charge in [-0.05, 0) is 45.2 Å². The molecule has 1 aromatic rings. The van der Waals surface area contributed by atoms with Gasteiger partial charge in [-0.15, -0.1) is 0 Å². The Morgan fingerprint density at radius 3 is 2.22 bits per heavy atom. The van der Waals surface area contributed by atoms with E-state index >= 15 is 0 Å². The van der Waals surface area contributed by atoms with Crippen LogP contribution in [0.3, 0.4) is 0 Å². The highest BCUT2D eigenvalue weighted by atomic mass is 79.9. The van der Waals surface area contributed by atoms with E-state index in [2.05, 4.69) is 15.9 Å². The van der Waals surface area contributed by atoms with Gasteiger partial charge in [0.05, 0.1) is 6.04 Å². The van der Waals surface area contributed by atoms with Gasteiger partial charge in [0, 0.05) is 10.0 Å². The van der Waals surface area contributed by atoms with Crippen molar-refractivity contribution >= 4 is 22.0 Å². The van der Waals surface area contributed by atoms with Gasteiger partial charge < -0.3 is 9.84 Å². The van der Waals surface area contributed by atoms with Crippen molar-refractivity contribution < 1.29 is 32.2 Å². The van der Waals surface area contributed by atoms with E-state index in [-0.39, 0.29) is 10.4 Å². The number of benzene rings is 1. The highest BCUT2D eigenvalue weighted by Crippen LogP contribution is 2.40. The van der Waals surface area contributed by atoms with E-state index in [1.165, 1.54) is 0 Å². The van der Waals surface area contributed by atoms with Crippen LogP contribution >= 0.6 is 15.9 Å². The smallest absolute Gasteiger partial charge is 0.420 e. The number of carbonyl (C=O) groups is 1. The maximum Gasteiger partial charge on any atom is 0.420 e. The molecule has 0 spiro atoms. The quantitative estimate of drug-likeness (QED) is 0.518. The van der Waals surface area contributed by atoms with Gasteiger partial charge in [-0.1, -0.05) is 29.8 Å². The molecule has 1 atom stereocenters. The van der Waals surface area contributed by atoms with Crippen LogP contribution in [-0.2, 0) is 6.18 Å². The van der Waals surface area contributed by atoms with Crippen LogP contribution in [0.1, 0.15) is 46.6 Å². The minimum atomic E-state index is -4.82. The largest absolute Gasteiger partial charge is 0.488 e. The minimum Gasteiger partial charge on any atom is -0.488 e. The average Bonchev–Trinajstić information content (AvgIpc) is 2.41. The lowest BCUT2D eigenvalue weighted by atomic mass is 9.97. The Morgan fingerprint density at radius 1 is 1.26 bits per heavy atom. The van der Waals surface area contributed by atoms with E-state index in [0.29, 0.717) is 6.42 Å². The summed E-state index contributed by atoms with van der Waals surface area (Å²) in [6.07, 6.45) is -5.68. The molecule has 1 amide bonds. The van der Waals surface area contributed by atoms with Crippen molar-refractivity contribution in [3.05, 3.63) is 28.0 Å². The Hall–Kier alpha value is -1.51. The monoisotopic (exact) mass is 457 g/mol. The predicted octanol–water partition coefficient (Wildman–Crippen LogP) is 6.18. The molecular weight excluding hydrogens is 434 g/mol. The number of halogens is 5. The van der Waals surface area contributed by atoms with E-state index < -0.39 is 47.6 Å². The van der Waals surface area contributed by atoms with Crippen LogP contribution in [0.15, 0.2) is 16.6 Å². The summed E-state index contributed by atoms with van der Waals surface area (Å²) < 4.78 is 59.1. The van der Waals surface area contributed by atoms with E-state index in [9.17, 15) is 27.5 Å². The molecule has 0 radical (unpaired) electrons. The van der Waals surface area contributed by atoms with Gasteiger partial charge in [-0.25, -0.2) is 9.18 Å². The molecule has 9 heteroatoms. The second-order valence-electron chi connectivity index (χ2n) is 7.68. The van der Waals surface area contributed by atoms with Crippen LogP contribution in [0.2, 0.25) is 0 Å². The summed E-state index contributed by atoms with van der Waals surface area (Å²) in [7, 11) is 0. The van der Waals surface area contributed by atoms with Crippen molar-refractivity contribution in [1.29, 1.82) is 0 Å². The summed E-state index contributed by atoms with van der Waals surface area (Å²) in [6.45, 7) is 8.35. The molecule has 0 aliphatic rings. The highest BCUT2D eigenvalue weighted by Gasteiger charge is 2.38. The van der Waals surface area contributed by atoms with Crippen molar-refractivity contribution in [3.63, 3.8) is 0 Å². The molecule has 0 aliphatic heterocycles. The number of hydrogen-bond acceptors (Lipinski definition) is 2. The van der Waals surface area contributed by atoms with Crippen LogP contribution in [0.25, 0.3) is 0 Å². The Bertz CT molecular complexity index is 672. The Kier molecular flexibility index (Phi) is 7.55. The first kappa shape index (κ1) is 23.5. The first-order valence-corrected chi connectivity index (χ1v) is 9.15. The Labute approximate surface area is 164 Å². The lowest BCUT2D eigenvalue weighted by Crippen LogP contribution is -2.53. The van der Waals surface area contributed by atoms with Crippen LogP contribution in [0, 0.1) is 11.7 Å². The first-order valence-electron chi connectivity index (χ1n) is 8.35. The third-order valence-electron chi connectivity index (χ3n) is 3.77. The fourth-order valence-electron chi connectivity index (χ4n) is 2.88. The summed E-state index contributed by atoms with van der Waals surface area (Å²) in [5, 5.41) is 9.57. The molecule has 1 aromatic carbocycles. The predicted molar refractivity (Wildman–Crippen MR) is 97.5 cm³/mol. The summed E-state index contributed by atoms with van der Waals surface area (Å²) in [6, 6.07) is 0.863. The molecule has 154 valence electrons. The van der Waals surface area contributed by atoms with Crippen molar-refractivity contribution in [2.45, 2.75) is 58.8 Å². The maximum atomic E-state index is 14.2. The van der Waals surface area contributed by atoms with Crippen LogP contribution in [0.5, 0.6) is 5.75 Å². The third-order valence-corrected chi connectivity index (χ3v) is 4.23. The van der Waals surface area contributed by atoms with Crippen molar-refractivity contribution in [2.24, 2.45) is 5.92 Å². The summed E-state index contributed by atoms with van der Waals surface area (Å²) in [5.41, 5.74) is -2.06. The zero-order chi connectivity index (χ0) is 21.2. The van der Waals surface area contributed by atoms with Crippen molar-refractivity contribution in [3.8, 4) is 5.75 Å². The summed E-state index contributed by atoms with van der Waals surface area (Å²) >= 11 is 2.84. The zero-order valence-corrected chi connectivity index (χ0v) is 17.4. The molecule has 1 N–H and O–H groups in total. The van der Waals surface area contributed by atoms with Crippen LogP contribution in [0.4, 0.5) is 22.4 Å². The number of hydrogen-bond donors (Lipinski definition) is 1. The molecule has 0 heterocycles. The highest BCUT2D eigenvalue weighted by molar-refractivity contribution is 9.10. The molecule has 0 bridgehead atoms. The Balaban J connectivity index is 3.25. The van der Waals surface area contributed by atoms with Gasteiger partial charge in [0.15, 0.2) is 11.6 Å². The summed E-state index contributed by atoms with van der Waals surface area (Å²) in [5.74, 6) is -2.05. The van der Waals surface area contributed by atoms with Crippen LogP contribution < -0.4 is 4.74 Å². The standard InChI is InChI=1S/C18H24BrF4NO3/c1-10(2)6-12(24(16(25)26)17(3,4)5)9-27-15-13(18(21,22)23)7-11(19)8-14(15)20/h7-8,10,12H,6,9H2,1-5H3,(H,25,26)/t12-/m0/s1. The molecular formula is C18H24BrF4NO3. The number of rotatable bonds is 6. The second-order valence-corrected chi connectivity index (χ2v) is 8.60. The molecule has 0 unspecified atom stereocenters. The van der Waals surface area contributed by atoms with Gasteiger partial charge in [0.25, 0.3) is 0 Å². The van der Waals surface area contributed by atoms with E-state index in [1.807, 2.05) is 13.8 Å². The number of nitrogens with zero attached hydrogens (tertiary/aromatic N) is 1. The fourth-order valence-corrected chi connectivity index (χ4v) is 3.31. The van der Waals surface area contributed by atoms with Gasteiger partial charge in [0.2, 0.25) is 0 Å². The maximum absolute atomic E-state index is 14.2. The average molecular weight is 458 g/mol. The lowest BCUT2D eigenvalue weighted by molar-refractivity contribution is -0.139. The summed E-state index contributed by atoms with van der Waals surface area (Å²) in [4.78, 5) is 12.9. The molecule has 27 heavy (non-hydrogen) atoms. The number of ether oxygens (including phenoxy) is 1. The molecule has 0 aromatic heterocycles. The topological polar surface area (TPSA) is 49.8 Å². The lowest BCUT2D eigenvalue weighted by Gasteiger charge is -2.40. The molecule has 4 nitrogen and oxygen atoms in total. The zero-order valence-electron chi connectivity index (χ0n) is 15.8. The molecule has 0 aliphatic carbocycles. The normalized spacial score (nSPS) is 13.6. The van der Waals surface area contributed by atoms with E-state index in [4.69, 9.17) is 4.74 Å². The fraction of sp³-hybridized carbons (Fsp3) is 0.611. The SMILES string of the molecule is CC(C)C[C@@H](COc1c(F)cc(Br)cc1C(F)(F)F)N(C(=O)O)C(C)(C)C. The second kappa shape index (κ2) is 8.67. The molecule has 1 rings (SSSR count). The first-order chi connectivity index (χ1) is 12.1. The molecule has 0 saturated carbocycles. The molecule has 0 fully saturated rings. The van der Waals surface area contributed by atoms with Gasteiger partial charge in [-0.3, -0.25) is 4.90 Å². The Morgan fingerprint density at radius 2 is 1.81 bits per heavy atom. The van der Waals surface area contributed by atoms with Gasteiger partial charge >= 0.3 is 12.3 Å². The van der Waals surface area contributed by atoms with Gasteiger partial charge in [-0.2, -0.15) is 13.2 Å². The third kappa shape index (κ3) is 6.55. The van der Waals surface area contributed by atoms with E-state index in [1.54, 1.807) is 20.8 Å². The minimum absolute atomic E-state index is 0.0552. The van der Waals surface area contributed by atoms with Crippen molar-refractivity contribution in [2.75, 3.05) is 6.61 Å². The number of amides is 1. The molecule has 0 saturated heterocycles. The van der Waals surface area contributed by atoms with E-state index in [0.717, 1.165) is 17.0 Å². The van der Waals surface area contributed by atoms with Crippen molar-refractivity contribution in [1.82, 2.24) is 4.90 Å². The number of carboxylic acid groups (broad SMARTS) is 1. The van der Waals surface area contributed by atoms with Gasteiger partial charge in [0.1, 0.15) is 12.2 Å².